The molecule has 0 unspecified atom stereocenters. The largest absolute Gasteiger partial charge is 0.376 e. The number of hydrogen-bond acceptors (Lipinski definition) is 2. The van der Waals surface area contributed by atoms with E-state index in [4.69, 9.17) is 10.1 Å². The zero-order valence-corrected chi connectivity index (χ0v) is 6.76. The molecule has 0 saturated carbocycles. The van der Waals surface area contributed by atoms with Gasteiger partial charge in [-0.15, -0.1) is 0 Å². The second kappa shape index (κ2) is 4.09. The molecular weight excluding hydrogens is 138 g/mol. The molecule has 0 bridgehead atoms. The van der Waals surface area contributed by atoms with Gasteiger partial charge in [0.15, 0.2) is 0 Å². The first-order valence-corrected chi connectivity index (χ1v) is 3.81. The highest BCUT2D eigenvalue weighted by Crippen LogP contribution is 2.14. The summed E-state index contributed by atoms with van der Waals surface area (Å²) in [6, 6.07) is 0. The van der Waals surface area contributed by atoms with Crippen molar-refractivity contribution in [2.24, 2.45) is 0 Å². The fourth-order valence-corrected chi connectivity index (χ4v) is 1.14. The summed E-state index contributed by atoms with van der Waals surface area (Å²) in [5.41, 5.74) is 2.25. The van der Waals surface area contributed by atoms with Crippen LogP contribution < -0.4 is 0 Å². The van der Waals surface area contributed by atoms with E-state index >= 15 is 0 Å². The van der Waals surface area contributed by atoms with Gasteiger partial charge in [0.05, 0.1) is 13.2 Å². The molecule has 0 amide bonds. The van der Waals surface area contributed by atoms with E-state index in [1.165, 1.54) is 11.8 Å². The molecule has 2 heteroatoms. The molecular formula is C9H13NO. The Kier molecular flexibility index (Phi) is 3.05. The molecule has 1 aliphatic heterocycles. The lowest BCUT2D eigenvalue weighted by molar-refractivity contribution is 0.152. The van der Waals surface area contributed by atoms with Gasteiger partial charge in [0.25, 0.3) is 0 Å². The van der Waals surface area contributed by atoms with Crippen molar-refractivity contribution in [1.29, 1.82) is 5.41 Å². The Balaban J connectivity index is 2.81. The maximum Gasteiger partial charge on any atom is 0.0734 e. The van der Waals surface area contributed by atoms with Crippen LogP contribution in [0.3, 0.4) is 0 Å². The van der Waals surface area contributed by atoms with Crippen LogP contribution in [0.2, 0.25) is 0 Å². The highest BCUT2D eigenvalue weighted by atomic mass is 16.5. The molecule has 11 heavy (non-hydrogen) atoms. The van der Waals surface area contributed by atoms with Crippen molar-refractivity contribution in [3.63, 3.8) is 0 Å². The fourth-order valence-electron chi connectivity index (χ4n) is 1.14. The monoisotopic (exact) mass is 151 g/mol. The van der Waals surface area contributed by atoms with Crippen molar-refractivity contribution in [2.45, 2.75) is 13.3 Å². The highest BCUT2D eigenvalue weighted by Gasteiger charge is 2.07. The summed E-state index contributed by atoms with van der Waals surface area (Å²) in [7, 11) is 0. The Labute approximate surface area is 67.1 Å². The normalized spacial score (nSPS) is 19.4. The van der Waals surface area contributed by atoms with E-state index in [0.717, 1.165) is 18.6 Å². The van der Waals surface area contributed by atoms with Crippen LogP contribution in [-0.4, -0.2) is 19.4 Å². The zero-order chi connectivity index (χ0) is 8.10. The molecule has 0 atom stereocenters. The van der Waals surface area contributed by atoms with Crippen molar-refractivity contribution < 1.29 is 4.74 Å². The summed E-state index contributed by atoms with van der Waals surface area (Å²) < 4.78 is 5.21. The van der Waals surface area contributed by atoms with E-state index in [9.17, 15) is 0 Å². The molecule has 0 aromatic rings. The minimum absolute atomic E-state index is 0.600. The van der Waals surface area contributed by atoms with E-state index in [0.29, 0.717) is 6.61 Å². The zero-order valence-electron chi connectivity index (χ0n) is 6.76. The highest BCUT2D eigenvalue weighted by molar-refractivity contribution is 5.78. The lowest BCUT2D eigenvalue weighted by Crippen LogP contribution is -2.10. The van der Waals surface area contributed by atoms with Gasteiger partial charge in [-0.25, -0.2) is 0 Å². The van der Waals surface area contributed by atoms with Crippen molar-refractivity contribution in [1.82, 2.24) is 0 Å². The maximum absolute atomic E-state index is 7.11. The minimum atomic E-state index is 0.600. The van der Waals surface area contributed by atoms with Gasteiger partial charge >= 0.3 is 0 Å². The third-order valence-electron chi connectivity index (χ3n) is 1.73. The lowest BCUT2D eigenvalue weighted by Gasteiger charge is -2.14. The number of ether oxygens (including phenoxy) is 1. The number of nitrogens with one attached hydrogen (secondary N) is 1. The van der Waals surface area contributed by atoms with Crippen LogP contribution in [0.15, 0.2) is 23.3 Å². The average Bonchev–Trinajstić information content (AvgIpc) is 2.06. The van der Waals surface area contributed by atoms with Gasteiger partial charge < -0.3 is 10.1 Å². The first kappa shape index (κ1) is 8.21. The van der Waals surface area contributed by atoms with Crippen molar-refractivity contribution in [3.8, 4) is 0 Å². The van der Waals surface area contributed by atoms with E-state index in [1.54, 1.807) is 0 Å². The van der Waals surface area contributed by atoms with Crippen LogP contribution >= 0.6 is 0 Å². The molecule has 0 aliphatic carbocycles. The Bertz CT molecular complexity index is 204. The van der Waals surface area contributed by atoms with Crippen LogP contribution in [0.1, 0.15) is 13.3 Å². The number of allylic oxidation sites excluding steroid dienone is 2. The number of rotatable bonds is 2. The molecule has 0 spiro atoms. The van der Waals surface area contributed by atoms with Gasteiger partial charge in [-0.05, 0) is 24.5 Å². The maximum atomic E-state index is 7.11. The third kappa shape index (κ3) is 2.02. The van der Waals surface area contributed by atoms with Crippen LogP contribution in [-0.2, 0) is 4.74 Å². The molecule has 1 rings (SSSR count). The summed E-state index contributed by atoms with van der Waals surface area (Å²) in [5.74, 6) is 0. The molecule has 1 N–H and O–H groups in total. The second-order valence-electron chi connectivity index (χ2n) is 2.50. The van der Waals surface area contributed by atoms with Crippen molar-refractivity contribution in [3.05, 3.63) is 23.3 Å². The molecule has 60 valence electrons. The molecule has 0 fully saturated rings. The lowest BCUT2D eigenvalue weighted by atomic mass is 10.0. The van der Waals surface area contributed by atoms with Crippen LogP contribution in [0, 0.1) is 5.41 Å². The molecule has 2 nitrogen and oxygen atoms in total. The predicted molar refractivity (Wildman–Crippen MR) is 46.1 cm³/mol. The molecule has 1 aliphatic rings. The second-order valence-corrected chi connectivity index (χ2v) is 2.50. The van der Waals surface area contributed by atoms with Gasteiger partial charge in [-0.1, -0.05) is 12.2 Å². The van der Waals surface area contributed by atoms with Crippen LogP contribution in [0.25, 0.3) is 0 Å². The summed E-state index contributed by atoms with van der Waals surface area (Å²) in [6.45, 7) is 3.38. The molecule has 0 aromatic carbocycles. The van der Waals surface area contributed by atoms with E-state index in [2.05, 4.69) is 6.08 Å². The summed E-state index contributed by atoms with van der Waals surface area (Å²) in [4.78, 5) is 0. The Hall–Kier alpha value is -0.890. The Morgan fingerprint density at radius 3 is 2.91 bits per heavy atom. The van der Waals surface area contributed by atoms with Gasteiger partial charge in [0.2, 0.25) is 0 Å². The standard InChI is InChI=1S/C9H13NO/c1-2-3-8-4-5-11-7-9(8)6-10/h2-3,6,10H,4-5,7H2,1H3/b3-2-,10-6?. The summed E-state index contributed by atoms with van der Waals surface area (Å²) in [5, 5.41) is 7.11. The van der Waals surface area contributed by atoms with E-state index < -0.39 is 0 Å². The molecule has 1 heterocycles. The average molecular weight is 151 g/mol. The Morgan fingerprint density at radius 2 is 2.27 bits per heavy atom. The van der Waals surface area contributed by atoms with E-state index in [1.807, 2.05) is 13.0 Å². The van der Waals surface area contributed by atoms with Crippen LogP contribution in [0.4, 0.5) is 0 Å². The van der Waals surface area contributed by atoms with E-state index in [-0.39, 0.29) is 0 Å². The molecule has 0 aromatic heterocycles. The summed E-state index contributed by atoms with van der Waals surface area (Å²) in [6.07, 6.45) is 6.39. The summed E-state index contributed by atoms with van der Waals surface area (Å²) >= 11 is 0. The number of hydrogen-bond donors (Lipinski definition) is 1. The molecule has 0 radical (unpaired) electrons. The third-order valence-corrected chi connectivity index (χ3v) is 1.73. The minimum Gasteiger partial charge on any atom is -0.376 e. The first-order chi connectivity index (χ1) is 5.38. The molecule has 0 saturated heterocycles. The Morgan fingerprint density at radius 1 is 1.45 bits per heavy atom. The van der Waals surface area contributed by atoms with Gasteiger partial charge in [-0.2, -0.15) is 0 Å². The van der Waals surface area contributed by atoms with Gasteiger partial charge in [-0.3, -0.25) is 0 Å². The fraction of sp³-hybridized carbons (Fsp3) is 0.444. The first-order valence-electron chi connectivity index (χ1n) is 3.81. The topological polar surface area (TPSA) is 33.1 Å². The quantitative estimate of drug-likeness (QED) is 0.601. The van der Waals surface area contributed by atoms with Gasteiger partial charge in [0.1, 0.15) is 0 Å². The van der Waals surface area contributed by atoms with Crippen LogP contribution in [0.5, 0.6) is 0 Å². The van der Waals surface area contributed by atoms with Crippen molar-refractivity contribution in [2.75, 3.05) is 13.2 Å². The van der Waals surface area contributed by atoms with Crippen molar-refractivity contribution >= 4 is 6.21 Å². The predicted octanol–water partition coefficient (Wildman–Crippen LogP) is 1.93. The smallest absolute Gasteiger partial charge is 0.0734 e. The van der Waals surface area contributed by atoms with Gasteiger partial charge in [0, 0.05) is 6.21 Å². The SMILES string of the molecule is C/C=C\C1=C(C=N)COCC1.